The van der Waals surface area contributed by atoms with Gasteiger partial charge in [-0.05, 0) is 74.4 Å². The molecule has 1 fully saturated rings. The van der Waals surface area contributed by atoms with Crippen LogP contribution in [0.15, 0.2) is 75.4 Å². The smallest absolute Gasteiger partial charge is 0.170 e. The van der Waals surface area contributed by atoms with E-state index in [4.69, 9.17) is 20.9 Å². The molecule has 3 rings (SSSR count). The highest BCUT2D eigenvalue weighted by Gasteiger charge is 2.16. The van der Waals surface area contributed by atoms with E-state index in [-0.39, 0.29) is 24.3 Å². The predicted octanol–water partition coefficient (Wildman–Crippen LogP) is 4.01. The van der Waals surface area contributed by atoms with Gasteiger partial charge in [0.25, 0.3) is 0 Å². The van der Waals surface area contributed by atoms with Gasteiger partial charge < -0.3 is 25.9 Å². The minimum Gasteiger partial charge on any atom is -0.486 e. The molecule has 198 valence electrons. The van der Waals surface area contributed by atoms with E-state index in [2.05, 4.69) is 15.0 Å². The highest BCUT2D eigenvalue weighted by molar-refractivity contribution is 6.00. The third kappa shape index (κ3) is 9.90. The van der Waals surface area contributed by atoms with Crippen LogP contribution in [0.4, 0.5) is 0 Å². The predicted molar refractivity (Wildman–Crippen MR) is 150 cm³/mol. The first-order valence-corrected chi connectivity index (χ1v) is 12.9. The van der Waals surface area contributed by atoms with Crippen molar-refractivity contribution in [1.29, 1.82) is 0 Å². The molecular weight excluding hydrogens is 466 g/mol. The largest absolute Gasteiger partial charge is 0.486 e. The second-order valence-corrected chi connectivity index (χ2v) is 9.38. The van der Waals surface area contributed by atoms with Crippen LogP contribution in [0.25, 0.3) is 0 Å². The lowest BCUT2D eigenvalue weighted by Crippen LogP contribution is -2.29. The van der Waals surface area contributed by atoms with E-state index in [1.807, 2.05) is 49.4 Å². The first-order chi connectivity index (χ1) is 17.9. The van der Waals surface area contributed by atoms with Crippen LogP contribution >= 0.6 is 0 Å². The normalized spacial score (nSPS) is 23.3. The number of Topliss-reactive ketones (excluding diaryl/α,β-unsaturated/α-hetero) is 1. The van der Waals surface area contributed by atoms with Gasteiger partial charge in [-0.15, -0.1) is 0 Å². The van der Waals surface area contributed by atoms with Gasteiger partial charge in [-0.25, -0.2) is 4.99 Å². The van der Waals surface area contributed by atoms with Gasteiger partial charge in [0.2, 0.25) is 0 Å². The Balaban J connectivity index is 1.51. The fraction of sp³-hybridized carbons (Fsp3) is 0.448. The molecule has 0 saturated carbocycles. The number of amidine groups is 1. The van der Waals surface area contributed by atoms with Gasteiger partial charge in [0.15, 0.2) is 5.78 Å². The molecule has 0 radical (unpaired) electrons. The highest BCUT2D eigenvalue weighted by Crippen LogP contribution is 2.21. The van der Waals surface area contributed by atoms with Crippen molar-refractivity contribution in [1.82, 2.24) is 0 Å². The fourth-order valence-electron chi connectivity index (χ4n) is 4.25. The Bertz CT molecular complexity index is 1080. The number of benzene rings is 1. The van der Waals surface area contributed by atoms with Crippen molar-refractivity contribution in [2.75, 3.05) is 26.9 Å². The molecule has 2 aliphatic rings. The molecule has 37 heavy (non-hydrogen) atoms. The number of ether oxygens (including phenoxy) is 2. The number of nitrogens with zero attached hydrogens (tertiary/aromatic N) is 3. The lowest BCUT2D eigenvalue weighted by Gasteiger charge is -2.17. The Morgan fingerprint density at radius 3 is 2.97 bits per heavy atom. The minimum atomic E-state index is -0.119. The maximum absolute atomic E-state index is 12.3. The second kappa shape index (κ2) is 15.0. The zero-order valence-electron chi connectivity index (χ0n) is 21.9. The SMILES string of the molecule is CN=CC1C=C(N=C(N)/C=C\N=C(C)c2cccc(OCC(=O)CCC3CCCOCC3)c2)C=CC1N. The quantitative estimate of drug-likeness (QED) is 0.347. The summed E-state index contributed by atoms with van der Waals surface area (Å²) < 4.78 is 11.3. The molecule has 8 nitrogen and oxygen atoms in total. The van der Waals surface area contributed by atoms with Gasteiger partial charge in [0.05, 0.1) is 5.70 Å². The molecule has 1 aliphatic carbocycles. The third-order valence-corrected chi connectivity index (χ3v) is 6.44. The number of ketones is 1. The third-order valence-electron chi connectivity index (χ3n) is 6.44. The van der Waals surface area contributed by atoms with Crippen molar-refractivity contribution in [2.24, 2.45) is 38.3 Å². The average Bonchev–Trinajstić information content (AvgIpc) is 3.17. The number of hydrogen-bond acceptors (Lipinski definition) is 7. The number of aliphatic imine (C=N–C) groups is 3. The molecule has 0 spiro atoms. The summed E-state index contributed by atoms with van der Waals surface area (Å²) >= 11 is 0. The number of nitrogens with two attached hydrogens (primary N) is 2. The summed E-state index contributed by atoms with van der Waals surface area (Å²) in [5, 5.41) is 0. The Kier molecular flexibility index (Phi) is 11.5. The summed E-state index contributed by atoms with van der Waals surface area (Å²) in [7, 11) is 1.72. The molecule has 3 unspecified atom stereocenters. The molecule has 4 N–H and O–H groups in total. The van der Waals surface area contributed by atoms with Gasteiger partial charge in [0, 0.05) is 56.8 Å². The van der Waals surface area contributed by atoms with Gasteiger partial charge in [-0.2, -0.15) is 0 Å². The van der Waals surface area contributed by atoms with Gasteiger partial charge in [0.1, 0.15) is 18.2 Å². The van der Waals surface area contributed by atoms with E-state index in [0.29, 0.717) is 23.9 Å². The van der Waals surface area contributed by atoms with Gasteiger partial charge in [-0.1, -0.05) is 18.2 Å². The molecule has 0 amide bonds. The molecular formula is C29H39N5O3. The first-order valence-electron chi connectivity index (χ1n) is 12.9. The number of allylic oxidation sites excluding steroid dienone is 1. The molecule has 1 heterocycles. The van der Waals surface area contributed by atoms with Gasteiger partial charge in [-0.3, -0.25) is 9.79 Å². The Labute approximate surface area is 219 Å². The van der Waals surface area contributed by atoms with Crippen LogP contribution in [0.1, 0.15) is 44.6 Å². The van der Waals surface area contributed by atoms with Crippen molar-refractivity contribution in [2.45, 2.75) is 45.1 Å². The van der Waals surface area contributed by atoms with Crippen LogP contribution < -0.4 is 16.2 Å². The van der Waals surface area contributed by atoms with Crippen molar-refractivity contribution in [3.05, 3.63) is 66.0 Å². The lowest BCUT2D eigenvalue weighted by molar-refractivity contribution is -0.121. The monoisotopic (exact) mass is 505 g/mol. The van der Waals surface area contributed by atoms with Crippen LogP contribution in [-0.4, -0.2) is 56.5 Å². The first kappa shape index (κ1) is 28.2. The Morgan fingerprint density at radius 2 is 2.14 bits per heavy atom. The standard InChI is InChI=1S/C29H39N5O3/c1-21(33-14-12-29(31)34-25-9-11-28(30)24(17-25)19-32-2)23-6-3-7-27(18-23)37-20-26(35)10-8-22-5-4-15-36-16-13-22/h3,6-7,9,11-12,14,17-19,22,24,28H,4-5,8,10,13,15-16,20,30H2,1-2H3,(H2,31,34)/b14-12-,32-19?,33-21?. The van der Waals surface area contributed by atoms with E-state index >= 15 is 0 Å². The molecule has 0 aromatic heterocycles. The van der Waals surface area contributed by atoms with Crippen LogP contribution in [0.3, 0.4) is 0 Å². The average molecular weight is 506 g/mol. The Hall–Kier alpha value is -3.36. The summed E-state index contributed by atoms with van der Waals surface area (Å²) in [5.41, 5.74) is 14.5. The number of carbonyl (C=O) groups excluding carboxylic acids is 1. The molecule has 1 aromatic carbocycles. The number of carbonyl (C=O) groups is 1. The van der Waals surface area contributed by atoms with Crippen molar-refractivity contribution < 1.29 is 14.3 Å². The summed E-state index contributed by atoms with van der Waals surface area (Å²) in [6.45, 7) is 3.62. The molecule has 1 aromatic rings. The molecule has 3 atom stereocenters. The van der Waals surface area contributed by atoms with Crippen molar-refractivity contribution in [3.8, 4) is 5.75 Å². The fourth-order valence-corrected chi connectivity index (χ4v) is 4.25. The van der Waals surface area contributed by atoms with Crippen molar-refractivity contribution >= 4 is 23.5 Å². The zero-order valence-corrected chi connectivity index (χ0v) is 21.9. The number of hydrogen-bond donors (Lipinski definition) is 2. The van der Waals surface area contributed by atoms with Crippen molar-refractivity contribution in [3.63, 3.8) is 0 Å². The van der Waals surface area contributed by atoms with Crippen LogP contribution in [0, 0.1) is 11.8 Å². The summed E-state index contributed by atoms with van der Waals surface area (Å²) in [6, 6.07) is 7.45. The lowest BCUT2D eigenvalue weighted by atomic mass is 9.94. The highest BCUT2D eigenvalue weighted by atomic mass is 16.5. The molecule has 0 bridgehead atoms. The van der Waals surface area contributed by atoms with E-state index in [0.717, 1.165) is 55.9 Å². The molecule has 1 saturated heterocycles. The molecule has 1 aliphatic heterocycles. The van der Waals surface area contributed by atoms with E-state index in [1.54, 1.807) is 25.5 Å². The second-order valence-electron chi connectivity index (χ2n) is 9.38. The Morgan fingerprint density at radius 1 is 1.27 bits per heavy atom. The minimum absolute atomic E-state index is 0.00725. The van der Waals surface area contributed by atoms with E-state index < -0.39 is 0 Å². The summed E-state index contributed by atoms with van der Waals surface area (Å²) in [4.78, 5) is 25.3. The van der Waals surface area contributed by atoms with Crippen LogP contribution in [0.2, 0.25) is 0 Å². The number of rotatable bonds is 11. The van der Waals surface area contributed by atoms with Crippen LogP contribution in [0.5, 0.6) is 5.75 Å². The van der Waals surface area contributed by atoms with Crippen LogP contribution in [-0.2, 0) is 9.53 Å². The maximum atomic E-state index is 12.3. The zero-order chi connectivity index (χ0) is 26.5. The topological polar surface area (TPSA) is 125 Å². The maximum Gasteiger partial charge on any atom is 0.170 e. The summed E-state index contributed by atoms with van der Waals surface area (Å²) in [6.07, 6.45) is 15.5. The summed E-state index contributed by atoms with van der Waals surface area (Å²) in [5.74, 6) is 1.67. The van der Waals surface area contributed by atoms with E-state index in [9.17, 15) is 4.79 Å². The molecule has 8 heteroatoms. The van der Waals surface area contributed by atoms with E-state index in [1.165, 1.54) is 0 Å². The van der Waals surface area contributed by atoms with Gasteiger partial charge >= 0.3 is 0 Å².